The minimum absolute atomic E-state index is 0.343. The number of rotatable bonds is 10. The number of aromatic nitrogens is 8. The van der Waals surface area contributed by atoms with Gasteiger partial charge in [0, 0.05) is 82.9 Å². The Morgan fingerprint density at radius 3 is 0.939 bits per heavy atom. The van der Waals surface area contributed by atoms with E-state index in [2.05, 4.69) is 230 Å². The van der Waals surface area contributed by atoms with Crippen LogP contribution in [0.5, 0.6) is 0 Å². The van der Waals surface area contributed by atoms with E-state index >= 15 is 0 Å². The van der Waals surface area contributed by atoms with Gasteiger partial charge in [-0.1, -0.05) is 271 Å². The Morgan fingerprint density at radius 1 is 0.265 bits per heavy atom. The molecule has 98 heavy (non-hydrogen) atoms. The van der Waals surface area contributed by atoms with E-state index in [1.165, 1.54) is 0 Å². The van der Waals surface area contributed by atoms with Crippen LogP contribution >= 0.6 is 15.9 Å². The molecule has 0 amide bonds. The Balaban J connectivity index is 0.000000126. The maximum absolute atomic E-state index is 6.16. The molecule has 0 N–H and O–H groups in total. The van der Waals surface area contributed by atoms with Gasteiger partial charge in [-0.2, -0.15) is 0 Å². The van der Waals surface area contributed by atoms with Gasteiger partial charge in [0.05, 0.1) is 67.4 Å². The van der Waals surface area contributed by atoms with Gasteiger partial charge in [-0.25, -0.2) is 29.9 Å². The quantitative estimate of drug-likeness (QED) is 0.0966. The van der Waals surface area contributed by atoms with Crippen LogP contribution in [0.25, 0.3) is 145 Å². The van der Waals surface area contributed by atoms with E-state index < -0.39 is 0 Å². The van der Waals surface area contributed by atoms with Crippen LogP contribution in [0.15, 0.2) is 320 Å². The second kappa shape index (κ2) is 27.3. The van der Waals surface area contributed by atoms with Gasteiger partial charge in [-0.3, -0.25) is 9.97 Å². The molecule has 16 aromatic rings. The normalized spacial score (nSPS) is 13.0. The molecule has 0 unspecified atom stereocenters. The fraction of sp³-hybridized carbons (Fsp3) is 0.0698. The average Bonchev–Trinajstić information content (AvgIpc) is 1.65. The topological polar surface area (TPSA) is 122 Å². The molecule has 6 aromatic heterocycles. The molecule has 0 bridgehead atoms. The molecule has 0 aliphatic carbocycles. The van der Waals surface area contributed by atoms with Gasteiger partial charge in [0.2, 0.25) is 0 Å². The summed E-state index contributed by atoms with van der Waals surface area (Å²) in [6, 6.07) is 103. The smallest absolute Gasteiger partial charge is 0.399 e. The summed E-state index contributed by atoms with van der Waals surface area (Å²) in [7, 11) is -0.355. The third-order valence-corrected chi connectivity index (χ3v) is 18.6. The summed E-state index contributed by atoms with van der Waals surface area (Å²) in [5, 5.41) is 4.37. The first-order chi connectivity index (χ1) is 47.9. The van der Waals surface area contributed by atoms with E-state index in [-0.39, 0.29) is 18.3 Å². The molecular weight excluding hydrogens is 1270 g/mol. The van der Waals surface area contributed by atoms with Crippen LogP contribution in [0.1, 0.15) is 27.7 Å². The van der Waals surface area contributed by atoms with Gasteiger partial charge in [0.1, 0.15) is 0 Å². The van der Waals surface area contributed by atoms with Crippen molar-refractivity contribution in [1.29, 1.82) is 0 Å². The Hall–Kier alpha value is -11.5. The first-order valence-electron chi connectivity index (χ1n) is 32.6. The first kappa shape index (κ1) is 62.6. The molecular formula is C86H64BBrN8O2. The lowest BCUT2D eigenvalue weighted by Crippen LogP contribution is -2.41. The van der Waals surface area contributed by atoms with Gasteiger partial charge in [-0.05, 0) is 92.8 Å². The molecule has 10 aromatic carbocycles. The second-order valence-electron chi connectivity index (χ2n) is 25.1. The third kappa shape index (κ3) is 13.4. The lowest BCUT2D eigenvalue weighted by atomic mass is 9.79. The second-order valence-corrected chi connectivity index (χ2v) is 26.0. The van der Waals surface area contributed by atoms with E-state index in [1.807, 2.05) is 140 Å². The number of hydrogen-bond donors (Lipinski definition) is 0. The lowest BCUT2D eigenvalue weighted by Gasteiger charge is -2.32. The van der Waals surface area contributed by atoms with Crippen molar-refractivity contribution < 1.29 is 9.31 Å². The summed E-state index contributed by atoms with van der Waals surface area (Å²) in [4.78, 5) is 38.5. The van der Waals surface area contributed by atoms with Crippen molar-refractivity contribution in [2.24, 2.45) is 0 Å². The summed E-state index contributed by atoms with van der Waals surface area (Å²) >= 11 is 3.49. The van der Waals surface area contributed by atoms with Crippen LogP contribution in [-0.4, -0.2) is 58.2 Å². The highest BCUT2D eigenvalue weighted by Crippen LogP contribution is 2.38. The Labute approximate surface area is 578 Å². The third-order valence-electron chi connectivity index (χ3n) is 18.1. The van der Waals surface area contributed by atoms with Crippen molar-refractivity contribution in [2.45, 2.75) is 38.9 Å². The maximum atomic E-state index is 6.16. The molecule has 0 spiro atoms. The molecule has 7 heterocycles. The van der Waals surface area contributed by atoms with Gasteiger partial charge >= 0.3 is 7.12 Å². The van der Waals surface area contributed by atoms with Crippen LogP contribution < -0.4 is 5.46 Å². The standard InChI is InChI=1S/C40H26N4.C24H23BN2O2.C22H15BrN2/c1-3-8-29(9-4-1)36-26-37(44-40(43-36)34-10-5-2-6-11-34)31-19-15-28(16-20-31)27-13-17-30(18-14-27)35-24-23-33-22-21-32-12-7-25-41-38(32)39(33)42-35;1-23(2)24(3,4)29-25(28-23)19-12-9-16(10-13-19)20-14-11-18-8-7-17-6-5-15-26-21(17)22(18)27-20;23-19-13-11-17(12-14-19)21-15-20(16-7-3-1-4-8-16)24-22(25-21)18-9-5-2-6-10-18/h1-26H;5-15H,1-4H3;1-15H. The van der Waals surface area contributed by atoms with E-state index in [1.54, 1.807) is 0 Å². The zero-order valence-electron chi connectivity index (χ0n) is 54.4. The predicted octanol–water partition coefficient (Wildman–Crippen LogP) is 20.9. The highest BCUT2D eigenvalue weighted by atomic mass is 79.9. The van der Waals surface area contributed by atoms with Gasteiger partial charge in [0.15, 0.2) is 11.6 Å². The summed E-state index contributed by atoms with van der Waals surface area (Å²) in [5.74, 6) is 1.45. The van der Waals surface area contributed by atoms with Crippen molar-refractivity contribution in [3.8, 4) is 101 Å². The van der Waals surface area contributed by atoms with E-state index in [0.717, 1.165) is 149 Å². The highest BCUT2D eigenvalue weighted by Gasteiger charge is 2.51. The monoisotopic (exact) mass is 1330 g/mol. The Bertz CT molecular complexity index is 5370. The van der Waals surface area contributed by atoms with Crippen LogP contribution in [0.2, 0.25) is 0 Å². The van der Waals surface area contributed by atoms with Crippen LogP contribution in [0.4, 0.5) is 0 Å². The summed E-state index contributed by atoms with van der Waals surface area (Å²) in [5.41, 5.74) is 20.2. The number of nitrogens with zero attached hydrogens (tertiary/aromatic N) is 8. The van der Waals surface area contributed by atoms with E-state index in [0.29, 0.717) is 5.82 Å². The summed E-state index contributed by atoms with van der Waals surface area (Å²) in [6.45, 7) is 8.27. The summed E-state index contributed by atoms with van der Waals surface area (Å²) < 4.78 is 13.4. The molecule has 1 fully saturated rings. The highest BCUT2D eigenvalue weighted by molar-refractivity contribution is 9.10. The predicted molar refractivity (Wildman–Crippen MR) is 404 cm³/mol. The minimum atomic E-state index is -0.355. The summed E-state index contributed by atoms with van der Waals surface area (Å²) in [6.07, 6.45) is 3.64. The number of pyridine rings is 4. The Morgan fingerprint density at radius 2 is 0.561 bits per heavy atom. The zero-order chi connectivity index (χ0) is 66.6. The number of hydrogen-bond acceptors (Lipinski definition) is 10. The molecule has 1 aliphatic heterocycles. The molecule has 0 radical (unpaired) electrons. The fourth-order valence-corrected chi connectivity index (χ4v) is 12.2. The van der Waals surface area contributed by atoms with Crippen molar-refractivity contribution in [3.05, 3.63) is 320 Å². The average molecular weight is 1330 g/mol. The lowest BCUT2D eigenvalue weighted by molar-refractivity contribution is 0.00578. The van der Waals surface area contributed by atoms with E-state index in [4.69, 9.17) is 39.2 Å². The van der Waals surface area contributed by atoms with Crippen molar-refractivity contribution in [2.75, 3.05) is 0 Å². The largest absolute Gasteiger partial charge is 0.494 e. The number of benzene rings is 10. The number of halogens is 1. The molecule has 1 saturated heterocycles. The van der Waals surface area contributed by atoms with Gasteiger partial charge in [0.25, 0.3) is 0 Å². The van der Waals surface area contributed by atoms with E-state index in [9.17, 15) is 0 Å². The van der Waals surface area contributed by atoms with Crippen molar-refractivity contribution in [1.82, 2.24) is 39.9 Å². The number of fused-ring (bicyclic) bond motifs is 6. The SMILES string of the molecule is Brc1ccc(-c2cc(-c3ccccc3)nc(-c3ccccc3)n2)cc1.CC1(C)OB(c2ccc(-c3ccc4ccc5cccnc5c4n3)cc2)OC1(C)C.c1ccc(-c2cc(-c3ccc(-c4ccc(-c5ccc6ccc7cccnc7c6n5)cc4)cc3)nc(-c3ccccc3)n2)cc1. The van der Waals surface area contributed by atoms with Gasteiger partial charge < -0.3 is 9.31 Å². The van der Waals surface area contributed by atoms with Crippen LogP contribution in [0, 0.1) is 0 Å². The van der Waals surface area contributed by atoms with Crippen LogP contribution in [0.3, 0.4) is 0 Å². The molecule has 1 aliphatic rings. The maximum Gasteiger partial charge on any atom is 0.494 e. The minimum Gasteiger partial charge on any atom is -0.399 e. The molecule has 0 saturated carbocycles. The Kier molecular flexibility index (Phi) is 17.4. The van der Waals surface area contributed by atoms with Crippen LogP contribution in [-0.2, 0) is 9.31 Å². The van der Waals surface area contributed by atoms with Gasteiger partial charge in [-0.15, -0.1) is 0 Å². The molecule has 10 nitrogen and oxygen atoms in total. The fourth-order valence-electron chi connectivity index (χ4n) is 12.0. The molecule has 0 atom stereocenters. The first-order valence-corrected chi connectivity index (χ1v) is 33.4. The zero-order valence-corrected chi connectivity index (χ0v) is 56.0. The molecule has 17 rings (SSSR count). The molecule has 470 valence electrons. The van der Waals surface area contributed by atoms with Crippen molar-refractivity contribution in [3.63, 3.8) is 0 Å². The molecule has 12 heteroatoms. The van der Waals surface area contributed by atoms with Crippen molar-refractivity contribution >= 4 is 72.1 Å².